The Kier molecular flexibility index (Phi) is 7.40. The van der Waals surface area contributed by atoms with Gasteiger partial charge in [-0.25, -0.2) is 0 Å². The maximum atomic E-state index is 13.1. The number of aliphatic hydroxyl groups excluding tert-OH is 1. The molecule has 0 radical (unpaired) electrons. The molecule has 2 aromatic rings. The molecule has 0 amide bonds. The third kappa shape index (κ3) is 4.94. The highest BCUT2D eigenvalue weighted by molar-refractivity contribution is 9.10. The van der Waals surface area contributed by atoms with Gasteiger partial charge in [-0.1, -0.05) is 23.2 Å². The molecule has 2 unspecified atom stereocenters. The van der Waals surface area contributed by atoms with Gasteiger partial charge in [0.05, 0.1) is 40.7 Å². The average Bonchev–Trinajstić information content (AvgIpc) is 3.02. The Hall–Kier alpha value is -1.16. The van der Waals surface area contributed by atoms with Crippen molar-refractivity contribution in [2.75, 3.05) is 25.1 Å². The van der Waals surface area contributed by atoms with Crippen LogP contribution in [0.15, 0.2) is 16.6 Å². The van der Waals surface area contributed by atoms with Crippen LogP contribution in [0, 0.1) is 12.8 Å². The van der Waals surface area contributed by atoms with Gasteiger partial charge in [-0.2, -0.15) is 18.3 Å². The fraction of sp³-hybridized carbons (Fsp3) is 0.550. The summed E-state index contributed by atoms with van der Waals surface area (Å²) in [5.74, 6) is 0.484. The van der Waals surface area contributed by atoms with E-state index >= 15 is 0 Å². The second-order valence-corrected chi connectivity index (χ2v) is 9.32. The monoisotopic (exact) mass is 543 g/mol. The van der Waals surface area contributed by atoms with Crippen molar-refractivity contribution < 1.29 is 23.0 Å². The van der Waals surface area contributed by atoms with Crippen LogP contribution in [0.25, 0.3) is 0 Å². The fourth-order valence-electron chi connectivity index (χ4n) is 4.01. The molecule has 1 N–H and O–H groups in total. The van der Waals surface area contributed by atoms with Crippen LogP contribution in [0.2, 0.25) is 10.0 Å². The predicted octanol–water partition coefficient (Wildman–Crippen LogP) is 6.13. The molecular formula is C20H23BrCl2F3N3O2. The van der Waals surface area contributed by atoms with E-state index in [-0.39, 0.29) is 11.6 Å². The van der Waals surface area contributed by atoms with Crippen LogP contribution in [0.5, 0.6) is 5.75 Å². The summed E-state index contributed by atoms with van der Waals surface area (Å²) in [6, 6.07) is 2.99. The first kappa shape index (κ1) is 24.5. The Balaban J connectivity index is 1.72. The number of rotatable bonds is 5. The lowest BCUT2D eigenvalue weighted by Crippen LogP contribution is -2.40. The number of anilines is 1. The fourth-order valence-corrected chi connectivity index (χ4v) is 5.21. The molecule has 11 heteroatoms. The number of alkyl halides is 3. The topological polar surface area (TPSA) is 50.5 Å². The lowest BCUT2D eigenvalue weighted by molar-refractivity contribution is -0.141. The molecular weight excluding hydrogens is 522 g/mol. The number of methoxy groups -OCH3 is 1. The number of nitrogens with zero attached hydrogens (tertiary/aromatic N) is 3. The van der Waals surface area contributed by atoms with Crippen LogP contribution in [0.3, 0.4) is 0 Å². The van der Waals surface area contributed by atoms with Crippen LogP contribution < -0.4 is 9.64 Å². The van der Waals surface area contributed by atoms with Crippen molar-refractivity contribution in [3.63, 3.8) is 0 Å². The molecule has 0 saturated carbocycles. The molecule has 5 nitrogen and oxygen atoms in total. The van der Waals surface area contributed by atoms with Gasteiger partial charge >= 0.3 is 6.18 Å². The molecule has 1 aromatic carbocycles. The number of aliphatic hydroxyl groups is 1. The van der Waals surface area contributed by atoms with Crippen LogP contribution in [-0.2, 0) is 6.18 Å². The van der Waals surface area contributed by atoms with Gasteiger partial charge in [-0.3, -0.25) is 4.68 Å². The minimum atomic E-state index is -4.64. The quantitative estimate of drug-likeness (QED) is 0.492. The normalized spacial score (nSPS) is 17.7. The largest absolute Gasteiger partial charge is 0.495 e. The maximum absolute atomic E-state index is 13.1. The van der Waals surface area contributed by atoms with Crippen molar-refractivity contribution in [3.8, 4) is 5.75 Å². The summed E-state index contributed by atoms with van der Waals surface area (Å²) < 4.78 is 46.7. The van der Waals surface area contributed by atoms with Crippen molar-refractivity contribution in [2.45, 2.75) is 45.0 Å². The first-order valence-corrected chi connectivity index (χ1v) is 11.3. The van der Waals surface area contributed by atoms with Gasteiger partial charge in [0.25, 0.3) is 0 Å². The molecule has 1 saturated heterocycles. The van der Waals surface area contributed by atoms with E-state index in [0.717, 1.165) is 10.2 Å². The molecule has 0 spiro atoms. The third-order valence-corrected chi connectivity index (χ3v) is 7.19. The number of halogens is 6. The summed E-state index contributed by atoms with van der Waals surface area (Å²) in [5, 5.41) is 14.6. The zero-order chi connectivity index (χ0) is 23.1. The van der Waals surface area contributed by atoms with Gasteiger partial charge in [-0.15, -0.1) is 0 Å². The lowest BCUT2D eigenvalue weighted by atomic mass is 9.87. The van der Waals surface area contributed by atoms with E-state index in [1.54, 1.807) is 20.1 Å². The molecule has 0 bridgehead atoms. The van der Waals surface area contributed by atoms with E-state index in [9.17, 15) is 18.3 Å². The summed E-state index contributed by atoms with van der Waals surface area (Å²) in [6.07, 6.45) is -4.16. The molecule has 3 rings (SSSR count). The molecule has 1 aromatic heterocycles. The van der Waals surface area contributed by atoms with Gasteiger partial charge in [-0.05, 0) is 54.6 Å². The molecule has 1 aliphatic rings. The predicted molar refractivity (Wildman–Crippen MR) is 118 cm³/mol. The molecule has 31 heavy (non-hydrogen) atoms. The summed E-state index contributed by atoms with van der Waals surface area (Å²) in [6.45, 7) is 4.48. The summed E-state index contributed by atoms with van der Waals surface area (Å²) in [7, 11) is 1.55. The van der Waals surface area contributed by atoms with E-state index in [1.807, 2.05) is 6.07 Å². The SMILES string of the molecule is COc1cc(N2CCC(C(O)C(C)n3nc(C(F)(F)F)c(Cl)c3C)CC2)c(Br)cc1Cl. The number of hydrogen-bond acceptors (Lipinski definition) is 4. The molecule has 0 aliphatic carbocycles. The van der Waals surface area contributed by atoms with Crippen molar-refractivity contribution in [2.24, 2.45) is 5.92 Å². The number of ether oxygens (including phenoxy) is 1. The zero-order valence-corrected chi connectivity index (χ0v) is 20.3. The van der Waals surface area contributed by atoms with Gasteiger partial charge in [0, 0.05) is 23.6 Å². The minimum Gasteiger partial charge on any atom is -0.495 e. The average molecular weight is 545 g/mol. The van der Waals surface area contributed by atoms with E-state index in [1.165, 1.54) is 11.6 Å². The minimum absolute atomic E-state index is 0.0871. The second-order valence-electron chi connectivity index (χ2n) is 7.68. The first-order valence-electron chi connectivity index (χ1n) is 9.73. The van der Waals surface area contributed by atoms with E-state index in [2.05, 4.69) is 25.9 Å². The van der Waals surface area contributed by atoms with Gasteiger partial charge in [0.2, 0.25) is 0 Å². The Labute approximate surface area is 197 Å². The highest BCUT2D eigenvalue weighted by Crippen LogP contribution is 2.40. The highest BCUT2D eigenvalue weighted by Gasteiger charge is 2.40. The zero-order valence-electron chi connectivity index (χ0n) is 17.2. The molecule has 1 fully saturated rings. The van der Waals surface area contributed by atoms with Crippen molar-refractivity contribution in [1.29, 1.82) is 0 Å². The number of piperidine rings is 1. The standard InChI is InChI=1S/C20H23BrCl2F3N3O2/c1-10-17(23)19(20(24,25)26)27-29(10)11(2)18(30)12-4-6-28(7-5-12)15-9-16(31-3)14(22)8-13(15)21/h8-9,11-12,18,30H,4-7H2,1-3H3. The highest BCUT2D eigenvalue weighted by atomic mass is 79.9. The van der Waals surface area contributed by atoms with E-state index in [0.29, 0.717) is 36.7 Å². The van der Waals surface area contributed by atoms with E-state index in [4.69, 9.17) is 27.9 Å². The Morgan fingerprint density at radius 2 is 1.87 bits per heavy atom. The number of benzene rings is 1. The van der Waals surface area contributed by atoms with Gasteiger partial charge in [0.1, 0.15) is 5.75 Å². The van der Waals surface area contributed by atoms with E-state index < -0.39 is 29.0 Å². The van der Waals surface area contributed by atoms with Gasteiger partial charge < -0.3 is 14.7 Å². The van der Waals surface area contributed by atoms with Crippen molar-refractivity contribution in [3.05, 3.63) is 38.0 Å². The maximum Gasteiger partial charge on any atom is 0.436 e. The third-order valence-electron chi connectivity index (χ3n) is 5.81. The summed E-state index contributed by atoms with van der Waals surface area (Å²) in [5.41, 5.74) is 0.00370. The smallest absolute Gasteiger partial charge is 0.436 e. The van der Waals surface area contributed by atoms with Crippen LogP contribution in [0.4, 0.5) is 18.9 Å². The summed E-state index contributed by atoms with van der Waals surface area (Å²) >= 11 is 15.5. The van der Waals surface area contributed by atoms with Crippen LogP contribution >= 0.6 is 39.1 Å². The Morgan fingerprint density at radius 1 is 1.26 bits per heavy atom. The van der Waals surface area contributed by atoms with Crippen molar-refractivity contribution in [1.82, 2.24) is 9.78 Å². The second kappa shape index (κ2) is 9.37. The van der Waals surface area contributed by atoms with Crippen LogP contribution in [0.1, 0.15) is 37.2 Å². The Morgan fingerprint density at radius 3 is 2.39 bits per heavy atom. The summed E-state index contributed by atoms with van der Waals surface area (Å²) in [4.78, 5) is 2.16. The molecule has 2 atom stereocenters. The first-order chi connectivity index (χ1) is 14.5. The van der Waals surface area contributed by atoms with Gasteiger partial charge in [0.15, 0.2) is 5.69 Å². The molecule has 2 heterocycles. The lowest BCUT2D eigenvalue weighted by Gasteiger charge is -2.38. The Bertz CT molecular complexity index is 947. The molecule has 172 valence electrons. The number of aromatic nitrogens is 2. The van der Waals surface area contributed by atoms with Crippen molar-refractivity contribution >= 4 is 44.8 Å². The molecule has 1 aliphatic heterocycles. The number of hydrogen-bond donors (Lipinski definition) is 1. The van der Waals surface area contributed by atoms with Crippen LogP contribution in [-0.4, -0.2) is 41.2 Å².